The first-order valence-electron chi connectivity index (χ1n) is 7.71. The molecule has 0 aliphatic heterocycles. The summed E-state index contributed by atoms with van der Waals surface area (Å²) in [7, 11) is -3.47. The Morgan fingerprint density at radius 1 is 1.00 bits per heavy atom. The summed E-state index contributed by atoms with van der Waals surface area (Å²) < 4.78 is 37.4. The van der Waals surface area contributed by atoms with Crippen molar-refractivity contribution in [3.63, 3.8) is 0 Å². The Morgan fingerprint density at radius 3 is 2.38 bits per heavy atom. The first-order chi connectivity index (χ1) is 11.5. The van der Waals surface area contributed by atoms with Gasteiger partial charge in [-0.1, -0.05) is 48.5 Å². The van der Waals surface area contributed by atoms with Crippen LogP contribution in [0.4, 0.5) is 4.39 Å². The molecule has 1 amide bonds. The summed E-state index contributed by atoms with van der Waals surface area (Å²) in [5.41, 5.74) is 1.39. The van der Waals surface area contributed by atoms with E-state index in [9.17, 15) is 17.6 Å². The van der Waals surface area contributed by atoms with E-state index in [1.54, 1.807) is 18.2 Å². The van der Waals surface area contributed by atoms with Gasteiger partial charge in [0.25, 0.3) is 0 Å². The van der Waals surface area contributed by atoms with Gasteiger partial charge in [0.15, 0.2) is 9.84 Å². The van der Waals surface area contributed by atoms with E-state index in [0.717, 1.165) is 5.56 Å². The Kier molecular flexibility index (Phi) is 6.49. The Hall–Kier alpha value is -2.21. The number of amides is 1. The molecule has 24 heavy (non-hydrogen) atoms. The lowest BCUT2D eigenvalue weighted by Crippen LogP contribution is -2.31. The minimum Gasteiger partial charge on any atom is -0.351 e. The average molecular weight is 349 g/mol. The van der Waals surface area contributed by atoms with E-state index < -0.39 is 27.3 Å². The van der Waals surface area contributed by atoms with E-state index >= 15 is 0 Å². The predicted molar refractivity (Wildman–Crippen MR) is 91.7 cm³/mol. The maximum Gasteiger partial charge on any atom is 0.235 e. The molecule has 2 aromatic carbocycles. The molecule has 0 spiro atoms. The second kappa shape index (κ2) is 8.59. The summed E-state index contributed by atoms with van der Waals surface area (Å²) in [4.78, 5) is 11.8. The highest BCUT2D eigenvalue weighted by Crippen LogP contribution is 2.06. The number of halogens is 1. The number of aryl methyl sites for hydroxylation is 1. The van der Waals surface area contributed by atoms with Crippen LogP contribution in [0.1, 0.15) is 17.5 Å². The maximum atomic E-state index is 13.4. The number of sulfone groups is 1. The number of nitrogens with one attached hydrogen (secondary N) is 1. The SMILES string of the molecule is O=C(CS(=O)(=O)CCCc1ccccc1)NCc1ccccc1F. The number of rotatable bonds is 8. The van der Waals surface area contributed by atoms with Crippen LogP contribution in [-0.2, 0) is 27.6 Å². The van der Waals surface area contributed by atoms with Crippen LogP contribution in [-0.4, -0.2) is 25.8 Å². The molecule has 0 saturated heterocycles. The molecule has 0 atom stereocenters. The molecule has 4 nitrogen and oxygen atoms in total. The molecule has 0 aliphatic rings. The van der Waals surface area contributed by atoms with Crippen molar-refractivity contribution in [3.8, 4) is 0 Å². The second-order valence-electron chi connectivity index (χ2n) is 5.55. The van der Waals surface area contributed by atoms with Gasteiger partial charge in [0.05, 0.1) is 5.75 Å². The first kappa shape index (κ1) is 18.1. The fraction of sp³-hybridized carbons (Fsp3) is 0.278. The van der Waals surface area contributed by atoms with Gasteiger partial charge in [0, 0.05) is 12.1 Å². The molecule has 1 N–H and O–H groups in total. The van der Waals surface area contributed by atoms with Crippen molar-refractivity contribution < 1.29 is 17.6 Å². The molecule has 0 heterocycles. The standard InChI is InChI=1S/C18H20FNO3S/c19-17-11-5-4-10-16(17)13-20-18(21)14-24(22,23)12-6-9-15-7-2-1-3-8-15/h1-5,7-8,10-11H,6,9,12-14H2,(H,20,21). The Balaban J connectivity index is 1.76. The van der Waals surface area contributed by atoms with Gasteiger partial charge in [-0.3, -0.25) is 4.79 Å². The molecule has 0 unspecified atom stereocenters. The number of carbonyl (C=O) groups is 1. The molecular formula is C18H20FNO3S. The third kappa shape index (κ3) is 6.12. The molecule has 0 aromatic heterocycles. The average Bonchev–Trinajstić information content (AvgIpc) is 2.54. The highest BCUT2D eigenvalue weighted by Gasteiger charge is 2.16. The van der Waals surface area contributed by atoms with Gasteiger partial charge < -0.3 is 5.32 Å². The maximum absolute atomic E-state index is 13.4. The van der Waals surface area contributed by atoms with Gasteiger partial charge in [0.1, 0.15) is 11.6 Å². The third-order valence-electron chi connectivity index (χ3n) is 3.55. The topological polar surface area (TPSA) is 63.2 Å². The number of hydrogen-bond donors (Lipinski definition) is 1. The molecule has 0 radical (unpaired) electrons. The molecule has 0 saturated carbocycles. The highest BCUT2D eigenvalue weighted by atomic mass is 32.2. The van der Waals surface area contributed by atoms with E-state index in [4.69, 9.17) is 0 Å². The number of carbonyl (C=O) groups excluding carboxylic acids is 1. The molecule has 2 aromatic rings. The predicted octanol–water partition coefficient (Wildman–Crippen LogP) is 2.49. The summed E-state index contributed by atoms with van der Waals surface area (Å²) in [5.74, 6) is -1.66. The smallest absolute Gasteiger partial charge is 0.235 e. The molecule has 128 valence electrons. The zero-order valence-electron chi connectivity index (χ0n) is 13.2. The van der Waals surface area contributed by atoms with Gasteiger partial charge in [-0.25, -0.2) is 12.8 Å². The van der Waals surface area contributed by atoms with E-state index in [0.29, 0.717) is 18.4 Å². The Morgan fingerprint density at radius 2 is 1.67 bits per heavy atom. The van der Waals surface area contributed by atoms with E-state index in [1.165, 1.54) is 6.07 Å². The summed E-state index contributed by atoms with van der Waals surface area (Å²) in [6.45, 7) is -0.0228. The third-order valence-corrected chi connectivity index (χ3v) is 5.16. The molecule has 2 rings (SSSR count). The van der Waals surface area contributed by atoms with Gasteiger partial charge in [-0.2, -0.15) is 0 Å². The van der Waals surface area contributed by atoms with Crippen LogP contribution >= 0.6 is 0 Å². The zero-order valence-corrected chi connectivity index (χ0v) is 14.1. The largest absolute Gasteiger partial charge is 0.351 e. The lowest BCUT2D eigenvalue weighted by Gasteiger charge is -2.07. The van der Waals surface area contributed by atoms with Crippen LogP contribution in [0.3, 0.4) is 0 Å². The second-order valence-corrected chi connectivity index (χ2v) is 7.73. The minimum atomic E-state index is -3.47. The Bertz CT molecular complexity index is 776. The van der Waals surface area contributed by atoms with Crippen LogP contribution in [0.5, 0.6) is 0 Å². The fourth-order valence-corrected chi connectivity index (χ4v) is 3.53. The molecular weight excluding hydrogens is 329 g/mol. The van der Waals surface area contributed by atoms with E-state index in [-0.39, 0.29) is 12.3 Å². The zero-order chi connectivity index (χ0) is 17.4. The van der Waals surface area contributed by atoms with Crippen LogP contribution < -0.4 is 5.32 Å². The number of benzene rings is 2. The summed E-state index contributed by atoms with van der Waals surface area (Å²) in [6, 6.07) is 15.6. The minimum absolute atomic E-state index is 0.0228. The summed E-state index contributed by atoms with van der Waals surface area (Å²) in [5, 5.41) is 2.45. The normalized spacial score (nSPS) is 11.2. The van der Waals surface area contributed by atoms with Crippen molar-refractivity contribution in [3.05, 3.63) is 71.5 Å². The van der Waals surface area contributed by atoms with Crippen LogP contribution in [0.25, 0.3) is 0 Å². The van der Waals surface area contributed by atoms with Crippen molar-refractivity contribution in [2.75, 3.05) is 11.5 Å². The molecule has 0 bridgehead atoms. The van der Waals surface area contributed by atoms with Gasteiger partial charge in [0.2, 0.25) is 5.91 Å². The quantitative estimate of drug-likeness (QED) is 0.796. The summed E-state index contributed by atoms with van der Waals surface area (Å²) in [6.07, 6.45) is 1.11. The molecule has 0 aliphatic carbocycles. The van der Waals surface area contributed by atoms with E-state index in [2.05, 4.69) is 5.32 Å². The van der Waals surface area contributed by atoms with Crippen molar-refractivity contribution in [2.24, 2.45) is 0 Å². The van der Waals surface area contributed by atoms with E-state index in [1.807, 2.05) is 30.3 Å². The van der Waals surface area contributed by atoms with Crippen molar-refractivity contribution in [1.82, 2.24) is 5.32 Å². The summed E-state index contributed by atoms with van der Waals surface area (Å²) >= 11 is 0. The number of hydrogen-bond acceptors (Lipinski definition) is 3. The van der Waals surface area contributed by atoms with Gasteiger partial charge in [-0.15, -0.1) is 0 Å². The lowest BCUT2D eigenvalue weighted by molar-refractivity contribution is -0.118. The highest BCUT2D eigenvalue weighted by molar-refractivity contribution is 7.92. The van der Waals surface area contributed by atoms with Crippen LogP contribution in [0, 0.1) is 5.82 Å². The molecule has 6 heteroatoms. The van der Waals surface area contributed by atoms with Crippen molar-refractivity contribution in [2.45, 2.75) is 19.4 Å². The van der Waals surface area contributed by atoms with Crippen molar-refractivity contribution >= 4 is 15.7 Å². The van der Waals surface area contributed by atoms with Crippen LogP contribution in [0.15, 0.2) is 54.6 Å². The van der Waals surface area contributed by atoms with Crippen LogP contribution in [0.2, 0.25) is 0 Å². The lowest BCUT2D eigenvalue weighted by atomic mass is 10.1. The first-order valence-corrected chi connectivity index (χ1v) is 9.53. The van der Waals surface area contributed by atoms with Gasteiger partial charge in [-0.05, 0) is 24.5 Å². The fourth-order valence-electron chi connectivity index (χ4n) is 2.30. The van der Waals surface area contributed by atoms with Gasteiger partial charge >= 0.3 is 0 Å². The monoisotopic (exact) mass is 349 g/mol. The Labute approximate surface area is 141 Å². The molecule has 0 fully saturated rings. The van der Waals surface area contributed by atoms with Crippen molar-refractivity contribution in [1.29, 1.82) is 0 Å².